The van der Waals surface area contributed by atoms with Crippen LogP contribution in [0.4, 0.5) is 0 Å². The van der Waals surface area contributed by atoms with Crippen molar-refractivity contribution in [3.8, 4) is 0 Å². The van der Waals surface area contributed by atoms with Crippen LogP contribution >= 0.6 is 0 Å². The molecular weight excluding hydrogens is 204 g/mol. The molecule has 0 aromatic rings. The van der Waals surface area contributed by atoms with Gasteiger partial charge in [-0.3, -0.25) is 4.79 Å². The molecule has 0 bridgehead atoms. The Hall–Kier alpha value is -0.610. The topological polar surface area (TPSA) is 66.6 Å². The number of aliphatic hydroxyl groups is 1. The summed E-state index contributed by atoms with van der Waals surface area (Å²) in [6.07, 6.45) is 5.44. The number of carbonyl (C=O) groups excluding carboxylic acids is 1. The molecule has 0 heterocycles. The molecule has 4 heteroatoms. The van der Waals surface area contributed by atoms with Crippen LogP contribution in [0, 0.1) is 5.92 Å². The minimum Gasteiger partial charge on any atom is -0.395 e. The first-order valence-electron chi connectivity index (χ1n) is 6.28. The van der Waals surface area contributed by atoms with Crippen LogP contribution < -0.4 is 5.73 Å². The lowest BCUT2D eigenvalue weighted by atomic mass is 9.88. The van der Waals surface area contributed by atoms with Crippen molar-refractivity contribution >= 4 is 5.91 Å². The lowest BCUT2D eigenvalue weighted by Crippen LogP contribution is -2.59. The van der Waals surface area contributed by atoms with E-state index in [2.05, 4.69) is 0 Å². The van der Waals surface area contributed by atoms with E-state index in [4.69, 9.17) is 10.8 Å². The van der Waals surface area contributed by atoms with E-state index in [1.165, 1.54) is 6.42 Å². The van der Waals surface area contributed by atoms with Crippen LogP contribution in [0.25, 0.3) is 0 Å². The van der Waals surface area contributed by atoms with Gasteiger partial charge in [0.25, 0.3) is 0 Å². The summed E-state index contributed by atoms with van der Waals surface area (Å²) in [5.74, 6) is 0.384. The fraction of sp³-hybridized carbons (Fsp3) is 0.917. The second-order valence-electron chi connectivity index (χ2n) is 5.36. The molecule has 0 aromatic heterocycles. The first-order valence-corrected chi connectivity index (χ1v) is 6.28. The molecule has 0 aromatic carbocycles. The summed E-state index contributed by atoms with van der Waals surface area (Å²) in [5.41, 5.74) is 5.42. The Balaban J connectivity index is 2.03. The smallest absolute Gasteiger partial charge is 0.242 e. The molecular formula is C12H22N2O2. The minimum atomic E-state index is -0.717. The Kier molecular flexibility index (Phi) is 3.22. The second-order valence-corrected chi connectivity index (χ2v) is 5.36. The van der Waals surface area contributed by atoms with Gasteiger partial charge in [-0.05, 0) is 44.9 Å². The van der Waals surface area contributed by atoms with Crippen LogP contribution in [0.3, 0.4) is 0 Å². The third-order valence-electron chi connectivity index (χ3n) is 4.00. The number of aliphatic hydroxyl groups excluding tert-OH is 1. The Morgan fingerprint density at radius 3 is 2.44 bits per heavy atom. The average Bonchev–Trinajstić information content (AvgIpc) is 2.96. The van der Waals surface area contributed by atoms with Crippen molar-refractivity contribution in [2.45, 2.75) is 50.6 Å². The number of amides is 1. The highest BCUT2D eigenvalue weighted by atomic mass is 16.3. The fourth-order valence-corrected chi connectivity index (χ4v) is 2.42. The van der Waals surface area contributed by atoms with Crippen molar-refractivity contribution in [3.05, 3.63) is 0 Å². The molecule has 0 spiro atoms. The van der Waals surface area contributed by atoms with Gasteiger partial charge in [-0.2, -0.15) is 0 Å². The molecule has 0 saturated heterocycles. The van der Waals surface area contributed by atoms with E-state index in [1.807, 2.05) is 11.8 Å². The number of nitrogens with zero attached hydrogens (tertiary/aromatic N) is 1. The lowest BCUT2D eigenvalue weighted by molar-refractivity contribution is -0.142. The van der Waals surface area contributed by atoms with E-state index >= 15 is 0 Å². The Morgan fingerprint density at radius 1 is 1.44 bits per heavy atom. The van der Waals surface area contributed by atoms with Crippen molar-refractivity contribution in [1.29, 1.82) is 0 Å². The molecule has 1 atom stereocenters. The van der Waals surface area contributed by atoms with Crippen LogP contribution in [0.2, 0.25) is 0 Å². The van der Waals surface area contributed by atoms with Gasteiger partial charge in [-0.1, -0.05) is 0 Å². The van der Waals surface area contributed by atoms with Gasteiger partial charge >= 0.3 is 0 Å². The van der Waals surface area contributed by atoms with Gasteiger partial charge in [-0.25, -0.2) is 0 Å². The summed E-state index contributed by atoms with van der Waals surface area (Å²) in [5, 5.41) is 9.04. The maximum atomic E-state index is 12.4. The highest BCUT2D eigenvalue weighted by Crippen LogP contribution is 2.40. The predicted molar refractivity (Wildman–Crippen MR) is 61.8 cm³/mol. The first kappa shape index (κ1) is 11.9. The van der Waals surface area contributed by atoms with Crippen LogP contribution in [0.15, 0.2) is 0 Å². The highest BCUT2D eigenvalue weighted by molar-refractivity contribution is 5.86. The molecule has 4 nitrogen and oxygen atoms in total. The van der Waals surface area contributed by atoms with Crippen molar-refractivity contribution < 1.29 is 9.90 Å². The zero-order valence-corrected chi connectivity index (χ0v) is 9.98. The molecule has 1 unspecified atom stereocenters. The highest BCUT2D eigenvalue weighted by Gasteiger charge is 2.47. The SMILES string of the molecule is CC(N)(C(=O)N(CCO)C1CCC1)C1CC1. The Bertz CT molecular complexity index is 270. The molecule has 0 aliphatic heterocycles. The number of hydrogen-bond acceptors (Lipinski definition) is 3. The van der Waals surface area contributed by atoms with Crippen LogP contribution in [-0.2, 0) is 4.79 Å². The molecule has 2 aliphatic rings. The lowest BCUT2D eigenvalue weighted by Gasteiger charge is -2.41. The zero-order chi connectivity index (χ0) is 11.8. The quantitative estimate of drug-likeness (QED) is 0.717. The summed E-state index contributed by atoms with van der Waals surface area (Å²) < 4.78 is 0. The summed E-state index contributed by atoms with van der Waals surface area (Å²) in [7, 11) is 0. The van der Waals surface area contributed by atoms with Gasteiger partial charge in [0.05, 0.1) is 12.1 Å². The summed E-state index contributed by atoms with van der Waals surface area (Å²) in [6, 6.07) is 0.321. The van der Waals surface area contributed by atoms with Crippen molar-refractivity contribution in [3.63, 3.8) is 0 Å². The van der Waals surface area contributed by atoms with Crippen LogP contribution in [0.5, 0.6) is 0 Å². The average molecular weight is 226 g/mol. The van der Waals surface area contributed by atoms with Crippen molar-refractivity contribution in [2.24, 2.45) is 11.7 Å². The molecule has 1 amide bonds. The molecule has 92 valence electrons. The Morgan fingerprint density at radius 2 is 2.06 bits per heavy atom. The summed E-state index contributed by atoms with van der Waals surface area (Å²) >= 11 is 0. The third-order valence-corrected chi connectivity index (χ3v) is 4.00. The maximum absolute atomic E-state index is 12.4. The van der Waals surface area contributed by atoms with Crippen molar-refractivity contribution in [2.75, 3.05) is 13.2 Å². The Labute approximate surface area is 96.8 Å². The molecule has 2 aliphatic carbocycles. The normalized spacial score (nSPS) is 24.7. The maximum Gasteiger partial charge on any atom is 0.242 e. The largest absolute Gasteiger partial charge is 0.395 e. The molecule has 3 N–H and O–H groups in total. The summed E-state index contributed by atoms with van der Waals surface area (Å²) in [6.45, 7) is 2.31. The predicted octanol–water partition coefficient (Wildman–Crippen LogP) is 0.487. The minimum absolute atomic E-state index is 0.0307. The van der Waals surface area contributed by atoms with E-state index in [0.717, 1.165) is 25.7 Å². The fourth-order valence-electron chi connectivity index (χ4n) is 2.42. The molecule has 2 rings (SSSR count). The van der Waals surface area contributed by atoms with Gasteiger partial charge in [-0.15, -0.1) is 0 Å². The zero-order valence-electron chi connectivity index (χ0n) is 9.98. The standard InChI is InChI=1S/C12H22N2O2/c1-12(13,9-5-6-9)11(16)14(7-8-15)10-3-2-4-10/h9-10,15H,2-8,13H2,1H3. The van der Waals surface area contributed by atoms with Crippen molar-refractivity contribution in [1.82, 2.24) is 4.90 Å². The number of nitrogens with two attached hydrogens (primary N) is 1. The van der Waals surface area contributed by atoms with E-state index < -0.39 is 5.54 Å². The number of carbonyl (C=O) groups is 1. The monoisotopic (exact) mass is 226 g/mol. The van der Waals surface area contributed by atoms with Crippen LogP contribution in [-0.4, -0.2) is 40.6 Å². The number of rotatable bonds is 5. The van der Waals surface area contributed by atoms with Gasteiger partial charge < -0.3 is 15.7 Å². The number of hydrogen-bond donors (Lipinski definition) is 2. The van der Waals surface area contributed by atoms with Gasteiger partial charge in [0, 0.05) is 12.6 Å². The van der Waals surface area contributed by atoms with E-state index in [-0.39, 0.29) is 12.5 Å². The first-order chi connectivity index (χ1) is 7.57. The van der Waals surface area contributed by atoms with E-state index in [0.29, 0.717) is 18.5 Å². The van der Waals surface area contributed by atoms with Crippen LogP contribution in [0.1, 0.15) is 39.0 Å². The van der Waals surface area contributed by atoms with E-state index in [9.17, 15) is 4.79 Å². The third kappa shape index (κ3) is 2.09. The molecule has 2 fully saturated rings. The van der Waals surface area contributed by atoms with Gasteiger partial charge in [0.1, 0.15) is 0 Å². The second kappa shape index (κ2) is 4.34. The summed E-state index contributed by atoms with van der Waals surface area (Å²) in [4.78, 5) is 14.2. The molecule has 0 radical (unpaired) electrons. The van der Waals surface area contributed by atoms with Gasteiger partial charge in [0.15, 0.2) is 0 Å². The van der Waals surface area contributed by atoms with Gasteiger partial charge in [0.2, 0.25) is 5.91 Å². The molecule has 2 saturated carbocycles. The molecule has 16 heavy (non-hydrogen) atoms. The van der Waals surface area contributed by atoms with E-state index in [1.54, 1.807) is 0 Å².